The molecule has 2 unspecified atom stereocenters. The van der Waals surface area contributed by atoms with Crippen LogP contribution in [0.5, 0.6) is 0 Å². The Morgan fingerprint density at radius 2 is 2.21 bits per heavy atom. The Kier molecular flexibility index (Phi) is 5.25. The van der Waals surface area contributed by atoms with Gasteiger partial charge in [0.15, 0.2) is 0 Å². The van der Waals surface area contributed by atoms with E-state index in [4.69, 9.17) is 4.74 Å². The van der Waals surface area contributed by atoms with Crippen molar-refractivity contribution >= 4 is 5.95 Å². The van der Waals surface area contributed by atoms with E-state index in [1.54, 1.807) is 7.11 Å². The third-order valence-corrected chi connectivity index (χ3v) is 4.19. The van der Waals surface area contributed by atoms with Crippen molar-refractivity contribution in [2.24, 2.45) is 5.92 Å². The van der Waals surface area contributed by atoms with Gasteiger partial charge in [-0.05, 0) is 25.7 Å². The summed E-state index contributed by atoms with van der Waals surface area (Å²) in [5, 5.41) is 3.40. The van der Waals surface area contributed by atoms with Crippen LogP contribution in [0.3, 0.4) is 0 Å². The maximum Gasteiger partial charge on any atom is 0.203 e. The fourth-order valence-corrected chi connectivity index (χ4v) is 3.20. The Balaban J connectivity index is 2.12. The lowest BCUT2D eigenvalue weighted by atomic mass is 9.83. The number of anilines is 1. The molecule has 1 heterocycles. The van der Waals surface area contributed by atoms with E-state index >= 15 is 0 Å². The van der Waals surface area contributed by atoms with E-state index in [0.29, 0.717) is 12.6 Å². The van der Waals surface area contributed by atoms with Crippen LogP contribution in [0, 0.1) is 12.8 Å². The monoisotopic (exact) mass is 265 g/mol. The number of rotatable bonds is 6. The summed E-state index contributed by atoms with van der Waals surface area (Å²) in [5.41, 5.74) is 1.10. The molecule has 19 heavy (non-hydrogen) atoms. The van der Waals surface area contributed by atoms with Gasteiger partial charge in [0.05, 0.1) is 12.3 Å². The fourth-order valence-electron chi connectivity index (χ4n) is 3.20. The number of hydrogen-bond donors (Lipinski definition) is 1. The Morgan fingerprint density at radius 1 is 1.42 bits per heavy atom. The fraction of sp³-hybridized carbons (Fsp3) is 0.800. The van der Waals surface area contributed by atoms with Gasteiger partial charge >= 0.3 is 0 Å². The number of aryl methyl sites for hydroxylation is 1. The summed E-state index contributed by atoms with van der Waals surface area (Å²) < 4.78 is 7.47. The van der Waals surface area contributed by atoms with E-state index < -0.39 is 0 Å². The highest BCUT2D eigenvalue weighted by atomic mass is 16.5. The van der Waals surface area contributed by atoms with Crippen molar-refractivity contribution in [3.63, 3.8) is 0 Å². The van der Waals surface area contributed by atoms with Crippen molar-refractivity contribution in [3.05, 3.63) is 11.9 Å². The van der Waals surface area contributed by atoms with Crippen LogP contribution in [0.4, 0.5) is 5.95 Å². The molecule has 1 aliphatic carbocycles. The van der Waals surface area contributed by atoms with Crippen LogP contribution in [0.25, 0.3) is 0 Å². The van der Waals surface area contributed by atoms with Crippen molar-refractivity contribution in [2.45, 2.75) is 52.0 Å². The maximum absolute atomic E-state index is 5.10. The molecule has 4 heteroatoms. The van der Waals surface area contributed by atoms with Crippen molar-refractivity contribution in [1.82, 2.24) is 9.55 Å². The van der Waals surface area contributed by atoms with Gasteiger partial charge in [0, 0.05) is 25.9 Å². The van der Waals surface area contributed by atoms with Crippen LogP contribution in [0.1, 0.15) is 50.8 Å². The molecule has 2 atom stereocenters. The van der Waals surface area contributed by atoms with E-state index in [2.05, 4.69) is 34.9 Å². The van der Waals surface area contributed by atoms with Gasteiger partial charge in [0.1, 0.15) is 0 Å². The van der Waals surface area contributed by atoms with Gasteiger partial charge in [-0.1, -0.05) is 26.2 Å². The van der Waals surface area contributed by atoms with Crippen LogP contribution in [-0.4, -0.2) is 29.8 Å². The summed E-state index contributed by atoms with van der Waals surface area (Å²) in [6.07, 6.45) is 8.83. The molecule has 1 aromatic rings. The van der Waals surface area contributed by atoms with Gasteiger partial charge in [-0.15, -0.1) is 0 Å². The highest BCUT2D eigenvalue weighted by Crippen LogP contribution is 2.37. The number of methoxy groups -OCH3 is 1. The van der Waals surface area contributed by atoms with E-state index in [-0.39, 0.29) is 0 Å². The molecule has 0 radical (unpaired) electrons. The second kappa shape index (κ2) is 6.94. The van der Waals surface area contributed by atoms with Crippen molar-refractivity contribution < 1.29 is 4.74 Å². The molecule has 0 spiro atoms. The molecule has 1 N–H and O–H groups in total. The topological polar surface area (TPSA) is 39.1 Å². The molecule has 0 saturated heterocycles. The molecule has 2 rings (SSSR count). The number of ether oxygens (including phenoxy) is 1. The van der Waals surface area contributed by atoms with E-state index in [1.807, 2.05) is 0 Å². The first-order valence-electron chi connectivity index (χ1n) is 7.54. The predicted molar refractivity (Wildman–Crippen MR) is 78.6 cm³/mol. The van der Waals surface area contributed by atoms with E-state index in [1.165, 1.54) is 32.1 Å². The molecular formula is C15H27N3O. The summed E-state index contributed by atoms with van der Waals surface area (Å²) in [5.74, 6) is 1.81. The minimum Gasteiger partial charge on any atom is -0.383 e. The molecule has 1 saturated carbocycles. The number of nitrogens with one attached hydrogen (secondary N) is 1. The second-order valence-electron chi connectivity index (χ2n) is 5.55. The first-order valence-corrected chi connectivity index (χ1v) is 7.54. The van der Waals surface area contributed by atoms with Crippen LogP contribution >= 0.6 is 0 Å². The van der Waals surface area contributed by atoms with E-state index in [9.17, 15) is 0 Å². The van der Waals surface area contributed by atoms with E-state index in [0.717, 1.165) is 24.1 Å². The summed E-state index contributed by atoms with van der Waals surface area (Å²) >= 11 is 0. The lowest BCUT2D eigenvalue weighted by molar-refractivity contribution is 0.209. The van der Waals surface area contributed by atoms with Crippen molar-refractivity contribution in [3.8, 4) is 0 Å². The summed E-state index contributed by atoms with van der Waals surface area (Å²) in [4.78, 5) is 4.62. The summed E-state index contributed by atoms with van der Waals surface area (Å²) in [6.45, 7) is 5.91. The van der Waals surface area contributed by atoms with Crippen LogP contribution in [-0.2, 0) is 4.74 Å². The molecule has 1 fully saturated rings. The molecule has 4 nitrogen and oxygen atoms in total. The standard InChI is InChI=1S/C15H27N3O/c1-4-13-7-5-6-8-14(13)18-11-12(2)17-15(18)16-9-10-19-3/h11,13-14H,4-10H2,1-3H3,(H,16,17). The zero-order valence-corrected chi connectivity index (χ0v) is 12.5. The predicted octanol–water partition coefficient (Wildman–Crippen LogP) is 3.39. The minimum absolute atomic E-state index is 0.616. The quantitative estimate of drug-likeness (QED) is 0.801. The second-order valence-corrected chi connectivity index (χ2v) is 5.55. The minimum atomic E-state index is 0.616. The molecule has 108 valence electrons. The van der Waals surface area contributed by atoms with Crippen molar-refractivity contribution in [1.29, 1.82) is 0 Å². The zero-order chi connectivity index (χ0) is 13.7. The largest absolute Gasteiger partial charge is 0.383 e. The molecule has 0 amide bonds. The van der Waals surface area contributed by atoms with Gasteiger partial charge in [-0.3, -0.25) is 0 Å². The number of nitrogens with zero attached hydrogens (tertiary/aromatic N) is 2. The first-order chi connectivity index (χ1) is 9.26. The lowest BCUT2D eigenvalue weighted by Crippen LogP contribution is -2.24. The third-order valence-electron chi connectivity index (χ3n) is 4.19. The van der Waals surface area contributed by atoms with Gasteiger partial charge in [0.2, 0.25) is 5.95 Å². The van der Waals surface area contributed by atoms with Crippen LogP contribution < -0.4 is 5.32 Å². The molecule has 1 aliphatic rings. The molecule has 0 bridgehead atoms. The SMILES string of the molecule is CCC1CCCCC1n1cc(C)nc1NCCOC. The number of aromatic nitrogens is 2. The van der Waals surface area contributed by atoms with Crippen LogP contribution in [0.15, 0.2) is 6.20 Å². The molecule has 0 aliphatic heterocycles. The number of hydrogen-bond acceptors (Lipinski definition) is 3. The highest BCUT2D eigenvalue weighted by Gasteiger charge is 2.26. The van der Waals surface area contributed by atoms with Crippen LogP contribution in [0.2, 0.25) is 0 Å². The molecular weight excluding hydrogens is 238 g/mol. The Morgan fingerprint density at radius 3 is 2.95 bits per heavy atom. The Labute approximate surface area is 116 Å². The number of imidazole rings is 1. The normalized spacial score (nSPS) is 23.5. The zero-order valence-electron chi connectivity index (χ0n) is 12.5. The third kappa shape index (κ3) is 3.50. The smallest absolute Gasteiger partial charge is 0.203 e. The average molecular weight is 265 g/mol. The van der Waals surface area contributed by atoms with Gasteiger partial charge in [-0.25, -0.2) is 4.98 Å². The van der Waals surface area contributed by atoms with Crippen molar-refractivity contribution in [2.75, 3.05) is 25.6 Å². The lowest BCUT2D eigenvalue weighted by Gasteiger charge is -2.32. The first kappa shape index (κ1) is 14.4. The summed E-state index contributed by atoms with van der Waals surface area (Å²) in [6, 6.07) is 0.616. The van der Waals surface area contributed by atoms with Gasteiger partial charge in [-0.2, -0.15) is 0 Å². The van der Waals surface area contributed by atoms with Gasteiger partial charge in [0.25, 0.3) is 0 Å². The average Bonchev–Trinajstić information content (AvgIpc) is 2.80. The van der Waals surface area contributed by atoms with Gasteiger partial charge < -0.3 is 14.6 Å². The molecule has 1 aromatic heterocycles. The Hall–Kier alpha value is -1.03. The maximum atomic E-state index is 5.10. The Bertz CT molecular complexity index is 389. The summed E-state index contributed by atoms with van der Waals surface area (Å²) in [7, 11) is 1.73. The highest BCUT2D eigenvalue weighted by molar-refractivity contribution is 5.29. The molecule has 0 aromatic carbocycles.